The Morgan fingerprint density at radius 1 is 1.00 bits per heavy atom. The van der Waals surface area contributed by atoms with Gasteiger partial charge in [-0.1, -0.05) is 20.8 Å². The Morgan fingerprint density at radius 2 is 1.58 bits per heavy atom. The minimum Gasteiger partial charge on any atom is -0.463 e. The van der Waals surface area contributed by atoms with E-state index in [2.05, 4.69) is 25.7 Å². The molecule has 0 aromatic heterocycles. The second-order valence-corrected chi connectivity index (χ2v) is 7.14. The SMILES string of the molecule is CC(C)(C)CCOC(=O)/C=C/C(=O)OCCCCN1CCOCC1. The van der Waals surface area contributed by atoms with E-state index in [-0.39, 0.29) is 5.41 Å². The topological polar surface area (TPSA) is 65.1 Å². The fourth-order valence-corrected chi connectivity index (χ4v) is 2.13. The first-order valence-corrected chi connectivity index (χ1v) is 8.68. The summed E-state index contributed by atoms with van der Waals surface area (Å²) in [6.45, 7) is 11.5. The van der Waals surface area contributed by atoms with Gasteiger partial charge >= 0.3 is 11.9 Å². The van der Waals surface area contributed by atoms with Gasteiger partial charge in [0.25, 0.3) is 0 Å². The van der Waals surface area contributed by atoms with Crippen molar-refractivity contribution < 1.29 is 23.8 Å². The predicted molar refractivity (Wildman–Crippen MR) is 91.6 cm³/mol. The normalized spacial score (nSPS) is 16.3. The van der Waals surface area contributed by atoms with Crippen LogP contribution in [0.1, 0.15) is 40.0 Å². The second-order valence-electron chi connectivity index (χ2n) is 7.14. The fourth-order valence-electron chi connectivity index (χ4n) is 2.13. The molecule has 1 fully saturated rings. The van der Waals surface area contributed by atoms with Gasteiger partial charge in [0.15, 0.2) is 0 Å². The monoisotopic (exact) mass is 341 g/mol. The van der Waals surface area contributed by atoms with Gasteiger partial charge in [0.05, 0.1) is 26.4 Å². The highest BCUT2D eigenvalue weighted by molar-refractivity contribution is 5.91. The van der Waals surface area contributed by atoms with E-state index in [1.165, 1.54) is 0 Å². The van der Waals surface area contributed by atoms with Gasteiger partial charge in [-0.15, -0.1) is 0 Å². The number of carbonyl (C=O) groups is 2. The van der Waals surface area contributed by atoms with Crippen LogP contribution in [0.5, 0.6) is 0 Å². The smallest absolute Gasteiger partial charge is 0.331 e. The van der Waals surface area contributed by atoms with Crippen molar-refractivity contribution in [1.82, 2.24) is 4.90 Å². The summed E-state index contributed by atoms with van der Waals surface area (Å²) in [6.07, 6.45) is 4.82. The van der Waals surface area contributed by atoms with E-state index in [1.54, 1.807) is 0 Å². The molecule has 1 rings (SSSR count). The molecule has 6 heteroatoms. The van der Waals surface area contributed by atoms with Crippen molar-refractivity contribution in [3.05, 3.63) is 12.2 Å². The number of ether oxygens (including phenoxy) is 3. The Balaban J connectivity index is 2.02. The minimum atomic E-state index is -0.511. The molecule has 1 heterocycles. The molecular formula is C18H31NO5. The molecule has 0 spiro atoms. The van der Waals surface area contributed by atoms with Crippen LogP contribution in [0.25, 0.3) is 0 Å². The van der Waals surface area contributed by atoms with Gasteiger partial charge in [-0.3, -0.25) is 4.90 Å². The van der Waals surface area contributed by atoms with Crippen LogP contribution in [0.2, 0.25) is 0 Å². The van der Waals surface area contributed by atoms with Crippen LogP contribution in [0.4, 0.5) is 0 Å². The Hall–Kier alpha value is -1.40. The van der Waals surface area contributed by atoms with Crippen molar-refractivity contribution in [3.8, 4) is 0 Å². The third-order valence-corrected chi connectivity index (χ3v) is 3.67. The summed E-state index contributed by atoms with van der Waals surface area (Å²) in [5.74, 6) is -1.02. The summed E-state index contributed by atoms with van der Waals surface area (Å²) in [5.41, 5.74) is 0.115. The summed E-state index contributed by atoms with van der Waals surface area (Å²) >= 11 is 0. The first-order chi connectivity index (χ1) is 11.4. The number of morpholine rings is 1. The summed E-state index contributed by atoms with van der Waals surface area (Å²) < 4.78 is 15.4. The summed E-state index contributed by atoms with van der Waals surface area (Å²) in [4.78, 5) is 25.3. The maximum absolute atomic E-state index is 11.5. The maximum atomic E-state index is 11.5. The molecule has 0 unspecified atom stereocenters. The zero-order valence-corrected chi connectivity index (χ0v) is 15.2. The summed E-state index contributed by atoms with van der Waals surface area (Å²) in [6, 6.07) is 0. The average molecular weight is 341 g/mol. The predicted octanol–water partition coefficient (Wildman–Crippen LogP) is 2.18. The molecule has 0 aromatic carbocycles. The first kappa shape index (κ1) is 20.6. The van der Waals surface area contributed by atoms with E-state index in [1.807, 2.05) is 0 Å². The highest BCUT2D eigenvalue weighted by atomic mass is 16.5. The van der Waals surface area contributed by atoms with Crippen LogP contribution >= 0.6 is 0 Å². The van der Waals surface area contributed by atoms with Gasteiger partial charge < -0.3 is 14.2 Å². The molecule has 1 saturated heterocycles. The Labute approximate surface area is 145 Å². The van der Waals surface area contributed by atoms with Crippen LogP contribution in [0.15, 0.2) is 12.2 Å². The number of unbranched alkanes of at least 4 members (excludes halogenated alkanes) is 1. The summed E-state index contributed by atoms with van der Waals surface area (Å²) in [5, 5.41) is 0. The van der Waals surface area contributed by atoms with Gasteiger partial charge in [0.2, 0.25) is 0 Å². The third kappa shape index (κ3) is 11.2. The van der Waals surface area contributed by atoms with E-state index in [4.69, 9.17) is 14.2 Å². The molecule has 0 saturated carbocycles. The number of carbonyl (C=O) groups excluding carboxylic acids is 2. The number of esters is 2. The van der Waals surface area contributed by atoms with Gasteiger partial charge in [-0.25, -0.2) is 9.59 Å². The van der Waals surface area contributed by atoms with Crippen molar-refractivity contribution in [2.75, 3.05) is 46.1 Å². The van der Waals surface area contributed by atoms with Gasteiger partial charge in [0.1, 0.15) is 0 Å². The highest BCUT2D eigenvalue weighted by Gasteiger charge is 2.11. The molecule has 0 radical (unpaired) electrons. The molecular weight excluding hydrogens is 310 g/mol. The van der Waals surface area contributed by atoms with Crippen molar-refractivity contribution >= 4 is 11.9 Å². The highest BCUT2D eigenvalue weighted by Crippen LogP contribution is 2.17. The lowest BCUT2D eigenvalue weighted by atomic mass is 9.93. The van der Waals surface area contributed by atoms with Crippen LogP contribution < -0.4 is 0 Å². The van der Waals surface area contributed by atoms with E-state index in [0.29, 0.717) is 13.2 Å². The van der Waals surface area contributed by atoms with Crippen LogP contribution in [0.3, 0.4) is 0 Å². The van der Waals surface area contributed by atoms with Crippen LogP contribution in [0, 0.1) is 5.41 Å². The summed E-state index contributed by atoms with van der Waals surface area (Å²) in [7, 11) is 0. The van der Waals surface area contributed by atoms with Gasteiger partial charge in [-0.2, -0.15) is 0 Å². The second kappa shape index (κ2) is 11.2. The molecule has 6 nitrogen and oxygen atoms in total. The number of hydrogen-bond acceptors (Lipinski definition) is 6. The van der Waals surface area contributed by atoms with Crippen molar-refractivity contribution in [1.29, 1.82) is 0 Å². The Morgan fingerprint density at radius 3 is 2.17 bits per heavy atom. The Bertz CT molecular complexity index is 408. The van der Waals surface area contributed by atoms with E-state index < -0.39 is 11.9 Å². The molecule has 24 heavy (non-hydrogen) atoms. The molecule has 0 aliphatic carbocycles. The quantitative estimate of drug-likeness (QED) is 0.364. The van der Waals surface area contributed by atoms with Crippen molar-refractivity contribution in [3.63, 3.8) is 0 Å². The fraction of sp³-hybridized carbons (Fsp3) is 0.778. The van der Waals surface area contributed by atoms with Gasteiger partial charge in [-0.05, 0) is 31.2 Å². The largest absolute Gasteiger partial charge is 0.463 e. The van der Waals surface area contributed by atoms with E-state index >= 15 is 0 Å². The molecule has 0 N–H and O–H groups in total. The number of hydrogen-bond donors (Lipinski definition) is 0. The zero-order valence-electron chi connectivity index (χ0n) is 15.2. The molecule has 0 atom stereocenters. The molecule has 1 aliphatic heterocycles. The maximum Gasteiger partial charge on any atom is 0.331 e. The molecule has 138 valence electrons. The molecule has 1 aliphatic rings. The van der Waals surface area contributed by atoms with E-state index in [0.717, 1.165) is 64.3 Å². The standard InChI is InChI=1S/C18H31NO5/c1-18(2,3)8-13-24-17(21)7-6-16(20)23-12-5-4-9-19-10-14-22-15-11-19/h6-7H,4-5,8-15H2,1-3H3/b7-6+. The Kier molecular flexibility index (Phi) is 9.64. The lowest BCUT2D eigenvalue weighted by Crippen LogP contribution is -2.36. The lowest BCUT2D eigenvalue weighted by Gasteiger charge is -2.26. The van der Waals surface area contributed by atoms with Crippen molar-refractivity contribution in [2.24, 2.45) is 5.41 Å². The van der Waals surface area contributed by atoms with E-state index in [9.17, 15) is 9.59 Å². The molecule has 0 bridgehead atoms. The molecule has 0 aromatic rings. The third-order valence-electron chi connectivity index (χ3n) is 3.67. The minimum absolute atomic E-state index is 0.115. The molecule has 0 amide bonds. The van der Waals surface area contributed by atoms with Crippen LogP contribution in [-0.4, -0.2) is 62.9 Å². The first-order valence-electron chi connectivity index (χ1n) is 8.68. The van der Waals surface area contributed by atoms with Crippen LogP contribution in [-0.2, 0) is 23.8 Å². The number of nitrogens with zero attached hydrogens (tertiary/aromatic N) is 1. The van der Waals surface area contributed by atoms with Gasteiger partial charge in [0, 0.05) is 25.2 Å². The zero-order chi connectivity index (χ0) is 17.8. The lowest BCUT2D eigenvalue weighted by molar-refractivity contribution is -0.140. The number of rotatable bonds is 9. The van der Waals surface area contributed by atoms with Crippen molar-refractivity contribution in [2.45, 2.75) is 40.0 Å². The average Bonchev–Trinajstić information content (AvgIpc) is 2.52.